The van der Waals surface area contributed by atoms with Crippen LogP contribution in [0.1, 0.15) is 28.8 Å². The molecule has 0 aliphatic heterocycles. The Kier molecular flexibility index (Phi) is 3.95. The third kappa shape index (κ3) is 2.36. The molecule has 0 bridgehead atoms. The number of hydrogen-bond acceptors (Lipinski definition) is 3. The summed E-state index contributed by atoms with van der Waals surface area (Å²) < 4.78 is 30.9. The minimum absolute atomic E-state index is 0.154. The Bertz CT molecular complexity index is 407. The van der Waals surface area contributed by atoms with Crippen molar-refractivity contribution in [1.82, 2.24) is 0 Å². The smallest absolute Gasteiger partial charge is 0.340 e. The van der Waals surface area contributed by atoms with Gasteiger partial charge in [0.25, 0.3) is 0 Å². The number of carbonyl (C=O) groups excluding carboxylic acids is 1. The summed E-state index contributed by atoms with van der Waals surface area (Å²) in [5.74, 6) is -3.32. The predicted octanol–water partition coefficient (Wildman–Crippen LogP) is 1.81. The number of halogens is 2. The molecule has 0 aliphatic rings. The molecule has 0 aromatic heterocycles. The molecule has 0 heterocycles. The second-order valence-electron chi connectivity index (χ2n) is 3.49. The Labute approximate surface area is 92.2 Å². The SMILES string of the molecule is COC(=O)c1cc(C(C)CN)cc(F)c1F. The highest BCUT2D eigenvalue weighted by atomic mass is 19.2. The monoisotopic (exact) mass is 229 g/mol. The van der Waals surface area contributed by atoms with E-state index in [4.69, 9.17) is 5.73 Å². The highest BCUT2D eigenvalue weighted by molar-refractivity contribution is 5.89. The van der Waals surface area contributed by atoms with Crippen molar-refractivity contribution in [3.8, 4) is 0 Å². The Morgan fingerprint density at radius 1 is 1.50 bits per heavy atom. The molecule has 0 saturated heterocycles. The van der Waals surface area contributed by atoms with Crippen molar-refractivity contribution >= 4 is 5.97 Å². The van der Waals surface area contributed by atoms with Crippen molar-refractivity contribution in [3.05, 3.63) is 34.9 Å². The van der Waals surface area contributed by atoms with Gasteiger partial charge in [0, 0.05) is 0 Å². The van der Waals surface area contributed by atoms with Crippen molar-refractivity contribution in [1.29, 1.82) is 0 Å². The van der Waals surface area contributed by atoms with Gasteiger partial charge in [-0.2, -0.15) is 0 Å². The van der Waals surface area contributed by atoms with E-state index in [-0.39, 0.29) is 12.5 Å². The lowest BCUT2D eigenvalue weighted by molar-refractivity contribution is 0.0594. The summed E-state index contributed by atoms with van der Waals surface area (Å²) in [4.78, 5) is 11.2. The maximum absolute atomic E-state index is 13.3. The quantitative estimate of drug-likeness (QED) is 0.804. The van der Waals surface area contributed by atoms with Crippen LogP contribution in [0.4, 0.5) is 8.78 Å². The zero-order chi connectivity index (χ0) is 12.3. The van der Waals surface area contributed by atoms with Crippen LogP contribution in [0.5, 0.6) is 0 Å². The molecule has 88 valence electrons. The van der Waals surface area contributed by atoms with E-state index in [0.29, 0.717) is 5.56 Å². The fourth-order valence-corrected chi connectivity index (χ4v) is 1.29. The number of nitrogens with two attached hydrogens (primary N) is 1. The lowest BCUT2D eigenvalue weighted by Gasteiger charge is -2.11. The van der Waals surface area contributed by atoms with Crippen molar-refractivity contribution in [2.75, 3.05) is 13.7 Å². The molecule has 1 rings (SSSR count). The average molecular weight is 229 g/mol. The van der Waals surface area contributed by atoms with Crippen LogP contribution in [0.3, 0.4) is 0 Å². The van der Waals surface area contributed by atoms with E-state index in [1.165, 1.54) is 6.07 Å². The van der Waals surface area contributed by atoms with Crippen molar-refractivity contribution in [2.45, 2.75) is 12.8 Å². The van der Waals surface area contributed by atoms with Gasteiger partial charge in [0.15, 0.2) is 11.6 Å². The molecule has 0 radical (unpaired) electrons. The van der Waals surface area contributed by atoms with E-state index in [9.17, 15) is 13.6 Å². The summed E-state index contributed by atoms with van der Waals surface area (Å²) in [5.41, 5.74) is 5.49. The van der Waals surface area contributed by atoms with Crippen LogP contribution in [0.25, 0.3) is 0 Å². The van der Waals surface area contributed by atoms with Crippen LogP contribution in [-0.4, -0.2) is 19.6 Å². The van der Waals surface area contributed by atoms with Crippen LogP contribution in [0.2, 0.25) is 0 Å². The first-order valence-electron chi connectivity index (χ1n) is 4.78. The molecule has 5 heteroatoms. The van der Waals surface area contributed by atoms with Crippen molar-refractivity contribution in [3.63, 3.8) is 0 Å². The van der Waals surface area contributed by atoms with Crippen LogP contribution in [0.15, 0.2) is 12.1 Å². The summed E-state index contributed by atoms with van der Waals surface area (Å²) in [5, 5.41) is 0. The summed E-state index contributed by atoms with van der Waals surface area (Å²) in [6.45, 7) is 2.04. The average Bonchev–Trinajstić information content (AvgIpc) is 2.30. The molecule has 16 heavy (non-hydrogen) atoms. The summed E-state index contributed by atoms with van der Waals surface area (Å²) in [7, 11) is 1.11. The van der Waals surface area contributed by atoms with Gasteiger partial charge in [-0.3, -0.25) is 0 Å². The largest absolute Gasteiger partial charge is 0.465 e. The fraction of sp³-hybridized carbons (Fsp3) is 0.364. The Morgan fingerprint density at radius 2 is 2.12 bits per heavy atom. The van der Waals surface area contributed by atoms with E-state index < -0.39 is 23.2 Å². The minimum atomic E-state index is -1.19. The Hall–Kier alpha value is -1.49. The number of ether oxygens (including phenoxy) is 1. The molecular weight excluding hydrogens is 216 g/mol. The van der Waals surface area contributed by atoms with E-state index in [2.05, 4.69) is 4.74 Å². The van der Waals surface area contributed by atoms with Crippen LogP contribution in [-0.2, 0) is 4.74 Å². The molecule has 0 fully saturated rings. The molecular formula is C11H13F2NO2. The first-order valence-corrected chi connectivity index (χ1v) is 4.78. The molecule has 3 nitrogen and oxygen atoms in total. The summed E-state index contributed by atoms with van der Waals surface area (Å²) >= 11 is 0. The summed E-state index contributed by atoms with van der Waals surface area (Å²) in [6.07, 6.45) is 0. The fourth-order valence-electron chi connectivity index (χ4n) is 1.29. The lowest BCUT2D eigenvalue weighted by atomic mass is 9.98. The highest BCUT2D eigenvalue weighted by Gasteiger charge is 2.19. The number of esters is 1. The topological polar surface area (TPSA) is 52.3 Å². The molecule has 1 aromatic carbocycles. The number of benzene rings is 1. The highest BCUT2D eigenvalue weighted by Crippen LogP contribution is 2.21. The molecule has 0 spiro atoms. The third-order valence-electron chi connectivity index (χ3n) is 2.38. The first-order chi connectivity index (χ1) is 7.51. The predicted molar refractivity (Wildman–Crippen MR) is 55.2 cm³/mol. The van der Waals surface area contributed by atoms with E-state index in [1.807, 2.05) is 0 Å². The van der Waals surface area contributed by atoms with E-state index in [1.54, 1.807) is 6.92 Å². The standard InChI is InChI=1S/C11H13F2NO2/c1-6(5-14)7-3-8(11(15)16-2)10(13)9(12)4-7/h3-4,6H,5,14H2,1-2H3. The Morgan fingerprint density at radius 3 is 2.62 bits per heavy atom. The van der Waals surface area contributed by atoms with E-state index in [0.717, 1.165) is 13.2 Å². The second-order valence-corrected chi connectivity index (χ2v) is 3.49. The molecule has 0 aliphatic carbocycles. The van der Waals surface area contributed by atoms with Gasteiger partial charge in [0.1, 0.15) is 0 Å². The number of carbonyl (C=O) groups is 1. The van der Waals surface area contributed by atoms with Crippen molar-refractivity contribution < 1.29 is 18.3 Å². The van der Waals surface area contributed by atoms with Gasteiger partial charge in [-0.25, -0.2) is 13.6 Å². The first kappa shape index (κ1) is 12.6. The van der Waals surface area contributed by atoms with Gasteiger partial charge in [-0.15, -0.1) is 0 Å². The number of hydrogen-bond donors (Lipinski definition) is 1. The molecule has 0 saturated carbocycles. The summed E-state index contributed by atoms with van der Waals surface area (Å²) in [6, 6.07) is 2.31. The zero-order valence-electron chi connectivity index (χ0n) is 9.09. The van der Waals surface area contributed by atoms with E-state index >= 15 is 0 Å². The maximum atomic E-state index is 13.3. The van der Waals surface area contributed by atoms with Gasteiger partial charge >= 0.3 is 5.97 Å². The molecule has 1 atom stereocenters. The van der Waals surface area contributed by atoms with Crippen LogP contribution >= 0.6 is 0 Å². The molecule has 0 amide bonds. The molecule has 1 aromatic rings. The minimum Gasteiger partial charge on any atom is -0.465 e. The number of rotatable bonds is 3. The molecule has 2 N–H and O–H groups in total. The lowest BCUT2D eigenvalue weighted by Crippen LogP contribution is -2.12. The van der Waals surface area contributed by atoms with Gasteiger partial charge < -0.3 is 10.5 Å². The Balaban J connectivity index is 3.27. The van der Waals surface area contributed by atoms with Crippen LogP contribution < -0.4 is 5.73 Å². The normalized spacial score (nSPS) is 12.3. The third-order valence-corrected chi connectivity index (χ3v) is 2.38. The zero-order valence-corrected chi connectivity index (χ0v) is 9.09. The van der Waals surface area contributed by atoms with Crippen molar-refractivity contribution in [2.24, 2.45) is 5.73 Å². The van der Waals surface area contributed by atoms with Crippen LogP contribution in [0, 0.1) is 11.6 Å². The van der Waals surface area contributed by atoms with Gasteiger partial charge in [0.2, 0.25) is 0 Å². The number of methoxy groups -OCH3 is 1. The van der Waals surface area contributed by atoms with Gasteiger partial charge in [-0.1, -0.05) is 6.92 Å². The molecule has 1 unspecified atom stereocenters. The van der Waals surface area contributed by atoms with Gasteiger partial charge in [-0.05, 0) is 30.2 Å². The maximum Gasteiger partial charge on any atom is 0.340 e. The van der Waals surface area contributed by atoms with Gasteiger partial charge in [0.05, 0.1) is 12.7 Å². The second kappa shape index (κ2) is 5.03.